The maximum atomic E-state index is 13.9. The Labute approximate surface area is 192 Å². The summed E-state index contributed by atoms with van der Waals surface area (Å²) in [6.45, 7) is 0.990. The minimum Gasteiger partial charge on any atom is -0.372 e. The van der Waals surface area contributed by atoms with Crippen LogP contribution < -0.4 is 20.7 Å². The van der Waals surface area contributed by atoms with Crippen molar-refractivity contribution in [2.45, 2.75) is 19.3 Å². The van der Waals surface area contributed by atoms with Gasteiger partial charge in [0.1, 0.15) is 5.82 Å². The van der Waals surface area contributed by atoms with Crippen molar-refractivity contribution in [2.24, 2.45) is 11.8 Å². The van der Waals surface area contributed by atoms with Crippen molar-refractivity contribution in [3.8, 4) is 0 Å². The summed E-state index contributed by atoms with van der Waals surface area (Å²) >= 11 is 0. The second kappa shape index (κ2) is 9.85. The average molecular weight is 451 g/mol. The number of anilines is 2. The van der Waals surface area contributed by atoms with Crippen LogP contribution in [0.15, 0.2) is 60.7 Å². The van der Waals surface area contributed by atoms with E-state index in [0.717, 1.165) is 0 Å². The van der Waals surface area contributed by atoms with E-state index >= 15 is 0 Å². The molecule has 2 aliphatic rings. The second-order valence-corrected chi connectivity index (χ2v) is 8.34. The fourth-order valence-electron chi connectivity index (χ4n) is 4.27. The van der Waals surface area contributed by atoms with Gasteiger partial charge in [0.2, 0.25) is 11.8 Å². The Balaban J connectivity index is 1.34. The third kappa shape index (κ3) is 4.89. The molecular formula is C25H27FN4O3. The first-order valence-electron chi connectivity index (χ1n) is 11.1. The van der Waals surface area contributed by atoms with E-state index in [1.807, 2.05) is 12.2 Å². The number of halogens is 1. The lowest BCUT2D eigenvalue weighted by molar-refractivity contribution is -0.139. The number of fused-ring (bicyclic) bond motifs is 1. The van der Waals surface area contributed by atoms with Gasteiger partial charge in [0.25, 0.3) is 5.91 Å². The summed E-state index contributed by atoms with van der Waals surface area (Å²) in [5.74, 6) is -1.63. The smallest absolute Gasteiger partial charge is 0.251 e. The molecule has 1 aliphatic carbocycles. The molecule has 2 unspecified atom stereocenters. The Morgan fingerprint density at radius 2 is 1.88 bits per heavy atom. The monoisotopic (exact) mass is 450 g/mol. The largest absolute Gasteiger partial charge is 0.372 e. The topological polar surface area (TPSA) is 81.8 Å². The first-order chi connectivity index (χ1) is 16.0. The number of rotatable bonds is 7. The Morgan fingerprint density at radius 1 is 1.12 bits per heavy atom. The van der Waals surface area contributed by atoms with E-state index in [2.05, 4.69) is 10.7 Å². The molecule has 172 valence electrons. The molecule has 0 spiro atoms. The lowest BCUT2D eigenvalue weighted by atomic mass is 9.80. The van der Waals surface area contributed by atoms with E-state index < -0.39 is 0 Å². The number of para-hydroxylation sites is 1. The minimum atomic E-state index is -0.382. The summed E-state index contributed by atoms with van der Waals surface area (Å²) in [7, 11) is 1.81. The molecule has 33 heavy (non-hydrogen) atoms. The molecule has 7 nitrogen and oxygen atoms in total. The Morgan fingerprint density at radius 3 is 2.67 bits per heavy atom. The van der Waals surface area contributed by atoms with E-state index in [-0.39, 0.29) is 35.4 Å². The number of nitrogens with zero attached hydrogens (tertiary/aromatic N) is 2. The van der Waals surface area contributed by atoms with Gasteiger partial charge < -0.3 is 10.2 Å². The lowest BCUT2D eigenvalue weighted by Gasteiger charge is -2.38. The molecule has 2 aromatic rings. The lowest BCUT2D eigenvalue weighted by Crippen LogP contribution is -2.59. The molecule has 3 amide bonds. The van der Waals surface area contributed by atoms with Crippen molar-refractivity contribution >= 4 is 29.1 Å². The van der Waals surface area contributed by atoms with Crippen LogP contribution in [0.3, 0.4) is 0 Å². The standard InChI is InChI=1S/C25H27FN4O3/c1-29(22-13-5-4-12-21(22)26)15-7-14-27-23(31)17-8-6-9-18(16-17)30-25(33)20-11-3-2-10-19(20)24(32)28-30/h2-6,8-9,12-13,16,19-20H,7,10-11,14-15H2,1H3,(H,27,31)(H,28,32). The molecule has 2 aromatic carbocycles. The third-order valence-corrected chi connectivity index (χ3v) is 6.11. The number of amides is 3. The summed E-state index contributed by atoms with van der Waals surface area (Å²) in [5, 5.41) is 4.11. The van der Waals surface area contributed by atoms with Crippen molar-refractivity contribution in [2.75, 3.05) is 30.0 Å². The first kappa shape index (κ1) is 22.5. The number of carbonyl (C=O) groups excluding carboxylic acids is 3. The highest BCUT2D eigenvalue weighted by atomic mass is 19.1. The molecule has 2 atom stereocenters. The van der Waals surface area contributed by atoms with Gasteiger partial charge in [0.15, 0.2) is 0 Å². The van der Waals surface area contributed by atoms with Crippen LogP contribution in [-0.2, 0) is 9.59 Å². The predicted molar refractivity (Wildman–Crippen MR) is 124 cm³/mol. The Hall–Kier alpha value is -3.68. The summed E-state index contributed by atoms with van der Waals surface area (Å²) in [6.07, 6.45) is 5.60. The highest BCUT2D eigenvalue weighted by Crippen LogP contribution is 2.32. The van der Waals surface area contributed by atoms with E-state index in [4.69, 9.17) is 0 Å². The fraction of sp³-hybridized carbons (Fsp3) is 0.320. The fourth-order valence-corrected chi connectivity index (χ4v) is 4.27. The molecule has 1 saturated heterocycles. The van der Waals surface area contributed by atoms with Crippen LogP contribution in [0.5, 0.6) is 0 Å². The van der Waals surface area contributed by atoms with E-state index in [9.17, 15) is 18.8 Å². The van der Waals surface area contributed by atoms with Crippen LogP contribution in [0.25, 0.3) is 0 Å². The number of nitrogens with one attached hydrogen (secondary N) is 2. The molecule has 1 fully saturated rings. The zero-order valence-electron chi connectivity index (χ0n) is 18.5. The highest BCUT2D eigenvalue weighted by molar-refractivity contribution is 6.05. The van der Waals surface area contributed by atoms with Crippen molar-refractivity contribution in [3.63, 3.8) is 0 Å². The quantitative estimate of drug-likeness (QED) is 0.502. The van der Waals surface area contributed by atoms with Gasteiger partial charge in [0, 0.05) is 25.7 Å². The number of hydrogen-bond acceptors (Lipinski definition) is 4. The number of benzene rings is 2. The van der Waals surface area contributed by atoms with Crippen LogP contribution in [0.1, 0.15) is 29.6 Å². The molecule has 2 N–H and O–H groups in total. The highest BCUT2D eigenvalue weighted by Gasteiger charge is 2.42. The maximum absolute atomic E-state index is 13.9. The Kier molecular flexibility index (Phi) is 6.72. The molecule has 0 bridgehead atoms. The molecule has 0 aromatic heterocycles. The van der Waals surface area contributed by atoms with Gasteiger partial charge in [0.05, 0.1) is 23.2 Å². The van der Waals surface area contributed by atoms with Gasteiger partial charge in [-0.2, -0.15) is 0 Å². The van der Waals surface area contributed by atoms with Crippen LogP contribution in [-0.4, -0.2) is 37.9 Å². The van der Waals surface area contributed by atoms with Crippen LogP contribution >= 0.6 is 0 Å². The van der Waals surface area contributed by atoms with E-state index in [1.54, 1.807) is 54.4 Å². The van der Waals surface area contributed by atoms with Gasteiger partial charge in [-0.3, -0.25) is 19.8 Å². The molecule has 8 heteroatoms. The van der Waals surface area contributed by atoms with Gasteiger partial charge >= 0.3 is 0 Å². The number of allylic oxidation sites excluding steroid dienone is 2. The molecule has 4 rings (SSSR count). The number of hydrogen-bond donors (Lipinski definition) is 2. The molecule has 1 heterocycles. The third-order valence-electron chi connectivity index (χ3n) is 6.11. The first-order valence-corrected chi connectivity index (χ1v) is 11.1. The van der Waals surface area contributed by atoms with Crippen molar-refractivity contribution in [1.82, 2.24) is 10.7 Å². The number of hydrazine groups is 1. The van der Waals surface area contributed by atoms with Crippen molar-refractivity contribution in [1.29, 1.82) is 0 Å². The van der Waals surface area contributed by atoms with E-state index in [1.165, 1.54) is 11.1 Å². The summed E-state index contributed by atoms with van der Waals surface area (Å²) in [5.41, 5.74) is 4.03. The number of carbonyl (C=O) groups is 3. The van der Waals surface area contributed by atoms with Gasteiger partial charge in [-0.15, -0.1) is 0 Å². The summed E-state index contributed by atoms with van der Waals surface area (Å²) in [4.78, 5) is 39.9. The minimum absolute atomic E-state index is 0.169. The van der Waals surface area contributed by atoms with E-state index in [0.29, 0.717) is 49.3 Å². The summed E-state index contributed by atoms with van der Waals surface area (Å²) < 4.78 is 13.9. The van der Waals surface area contributed by atoms with Crippen molar-refractivity contribution < 1.29 is 18.8 Å². The summed E-state index contributed by atoms with van der Waals surface area (Å²) in [6, 6.07) is 13.2. The molecule has 1 aliphatic heterocycles. The second-order valence-electron chi connectivity index (χ2n) is 8.34. The van der Waals surface area contributed by atoms with Gasteiger partial charge in [-0.1, -0.05) is 30.4 Å². The van der Waals surface area contributed by atoms with Crippen LogP contribution in [0.2, 0.25) is 0 Å². The SMILES string of the molecule is CN(CCCNC(=O)c1cccc(N2NC(=O)C3CC=CCC3C2=O)c1)c1ccccc1F. The molecule has 0 saturated carbocycles. The van der Waals surface area contributed by atoms with Crippen LogP contribution in [0.4, 0.5) is 15.8 Å². The zero-order chi connectivity index (χ0) is 23.4. The normalized spacial score (nSPS) is 19.6. The average Bonchev–Trinajstić information content (AvgIpc) is 2.84. The van der Waals surface area contributed by atoms with Crippen LogP contribution in [0, 0.1) is 17.7 Å². The maximum Gasteiger partial charge on any atom is 0.251 e. The molecule has 0 radical (unpaired) electrons. The predicted octanol–water partition coefficient (Wildman–Crippen LogP) is 3.04. The van der Waals surface area contributed by atoms with Gasteiger partial charge in [-0.05, 0) is 49.6 Å². The Bertz CT molecular complexity index is 1090. The molecular weight excluding hydrogens is 423 g/mol. The zero-order valence-corrected chi connectivity index (χ0v) is 18.5. The van der Waals surface area contributed by atoms with Gasteiger partial charge in [-0.25, -0.2) is 9.40 Å². The van der Waals surface area contributed by atoms with Crippen molar-refractivity contribution in [3.05, 3.63) is 72.1 Å².